The summed E-state index contributed by atoms with van der Waals surface area (Å²) < 4.78 is 1.84. The molecule has 1 aliphatic rings. The van der Waals surface area contributed by atoms with Crippen LogP contribution in [0.2, 0.25) is 0 Å². The van der Waals surface area contributed by atoms with Crippen LogP contribution in [-0.4, -0.2) is 63.8 Å². The highest BCUT2D eigenvalue weighted by Crippen LogP contribution is 2.20. The van der Waals surface area contributed by atoms with Crippen LogP contribution in [-0.2, 0) is 26.6 Å². The molecule has 1 fully saturated rings. The molecule has 0 saturated carbocycles. The lowest BCUT2D eigenvalue weighted by molar-refractivity contribution is 0.179. The Kier molecular flexibility index (Phi) is 10.5. The van der Waals surface area contributed by atoms with Crippen LogP contribution in [0.15, 0.2) is 22.8 Å². The van der Waals surface area contributed by atoms with Crippen molar-refractivity contribution in [2.24, 2.45) is 18.0 Å². The molecule has 1 aliphatic heterocycles. The van der Waals surface area contributed by atoms with Crippen molar-refractivity contribution < 1.29 is 0 Å². The van der Waals surface area contributed by atoms with Gasteiger partial charge in [0.25, 0.3) is 0 Å². The fraction of sp³-hybridized carbons (Fsp3) is 0.667. The van der Waals surface area contributed by atoms with E-state index in [1.165, 1.54) is 29.1 Å². The van der Waals surface area contributed by atoms with Crippen LogP contribution in [0.3, 0.4) is 0 Å². The van der Waals surface area contributed by atoms with E-state index in [-0.39, 0.29) is 24.0 Å². The minimum absolute atomic E-state index is 0. The molecule has 1 saturated heterocycles. The average molecular weight is 546 g/mol. The van der Waals surface area contributed by atoms with Gasteiger partial charge >= 0.3 is 0 Å². The Balaban J connectivity index is 0.00000320. The minimum Gasteiger partial charge on any atom is -0.357 e. The number of hydrogen-bond donors (Lipinski definition) is 1. The Morgan fingerprint density at radius 1 is 1.33 bits per heavy atom. The zero-order chi connectivity index (χ0) is 20.6. The van der Waals surface area contributed by atoms with Gasteiger partial charge in [0, 0.05) is 57.4 Å². The van der Waals surface area contributed by atoms with Crippen molar-refractivity contribution >= 4 is 41.3 Å². The number of aryl methyl sites for hydroxylation is 2. The molecule has 0 aromatic carbocycles. The fourth-order valence-corrected chi connectivity index (χ4v) is 4.46. The summed E-state index contributed by atoms with van der Waals surface area (Å²) in [6.07, 6.45) is 7.43. The zero-order valence-electron chi connectivity index (χ0n) is 18.7. The first-order chi connectivity index (χ1) is 14.1. The molecule has 9 heteroatoms. The van der Waals surface area contributed by atoms with Gasteiger partial charge in [0.1, 0.15) is 0 Å². The molecule has 7 nitrogen and oxygen atoms in total. The van der Waals surface area contributed by atoms with Crippen molar-refractivity contribution in [3.05, 3.63) is 34.0 Å². The fourth-order valence-electron chi connectivity index (χ4n) is 3.73. The molecule has 1 N–H and O–H groups in total. The number of aromatic nitrogens is 3. The van der Waals surface area contributed by atoms with E-state index in [0.717, 1.165) is 51.6 Å². The van der Waals surface area contributed by atoms with Gasteiger partial charge < -0.3 is 10.2 Å². The van der Waals surface area contributed by atoms with E-state index < -0.39 is 0 Å². The summed E-state index contributed by atoms with van der Waals surface area (Å²) in [5.74, 6) is 1.64. The summed E-state index contributed by atoms with van der Waals surface area (Å²) in [4.78, 5) is 14.4. The van der Waals surface area contributed by atoms with Crippen molar-refractivity contribution in [3.63, 3.8) is 0 Å². The number of piperidine rings is 1. The molecule has 2 aromatic heterocycles. The molecule has 2 aromatic rings. The van der Waals surface area contributed by atoms with Gasteiger partial charge in [-0.1, -0.05) is 6.92 Å². The summed E-state index contributed by atoms with van der Waals surface area (Å²) in [7, 11) is 4.04. The number of nitrogens with zero attached hydrogens (tertiary/aromatic N) is 6. The maximum atomic E-state index is 4.94. The molecule has 0 radical (unpaired) electrons. The van der Waals surface area contributed by atoms with Gasteiger partial charge in [-0.25, -0.2) is 4.98 Å². The second-order valence-electron chi connectivity index (χ2n) is 7.88. The topological polar surface area (TPSA) is 61.6 Å². The van der Waals surface area contributed by atoms with E-state index in [1.54, 1.807) is 11.3 Å². The average Bonchev–Trinajstić information content (AvgIpc) is 3.34. The van der Waals surface area contributed by atoms with Crippen molar-refractivity contribution in [3.8, 4) is 0 Å². The predicted octanol–water partition coefficient (Wildman–Crippen LogP) is 3.37. The lowest BCUT2D eigenvalue weighted by atomic mass is 9.97. The number of hydrogen-bond acceptors (Lipinski definition) is 5. The van der Waals surface area contributed by atoms with Gasteiger partial charge in [-0.2, -0.15) is 5.10 Å². The van der Waals surface area contributed by atoms with Crippen LogP contribution >= 0.6 is 35.3 Å². The molecule has 0 unspecified atom stereocenters. The zero-order valence-corrected chi connectivity index (χ0v) is 21.8. The van der Waals surface area contributed by atoms with Crippen LogP contribution in [0.1, 0.15) is 43.0 Å². The van der Waals surface area contributed by atoms with Crippen LogP contribution < -0.4 is 5.32 Å². The second kappa shape index (κ2) is 12.6. The van der Waals surface area contributed by atoms with Crippen LogP contribution in [0.4, 0.5) is 0 Å². The molecule has 168 valence electrons. The summed E-state index contributed by atoms with van der Waals surface area (Å²) in [5, 5.41) is 11.2. The number of thiazole rings is 1. The molecule has 0 atom stereocenters. The maximum absolute atomic E-state index is 4.94. The highest BCUT2D eigenvalue weighted by atomic mass is 127. The molecule has 3 heterocycles. The number of likely N-dealkylation sites (tertiary alicyclic amines) is 1. The summed E-state index contributed by atoms with van der Waals surface area (Å²) in [5.41, 5.74) is 2.43. The summed E-state index contributed by atoms with van der Waals surface area (Å²) in [6, 6.07) is 0. The van der Waals surface area contributed by atoms with Gasteiger partial charge in [0.2, 0.25) is 0 Å². The van der Waals surface area contributed by atoms with E-state index in [9.17, 15) is 0 Å². The van der Waals surface area contributed by atoms with Gasteiger partial charge in [-0.3, -0.25) is 14.6 Å². The normalized spacial score (nSPS) is 15.8. The van der Waals surface area contributed by atoms with E-state index >= 15 is 0 Å². The number of halogens is 1. The van der Waals surface area contributed by atoms with Crippen molar-refractivity contribution in [2.75, 3.05) is 33.2 Å². The molecule has 0 aliphatic carbocycles. The third-order valence-electron chi connectivity index (χ3n) is 5.37. The first kappa shape index (κ1) is 25.1. The summed E-state index contributed by atoms with van der Waals surface area (Å²) >= 11 is 1.79. The molecule has 30 heavy (non-hydrogen) atoms. The maximum Gasteiger partial charge on any atom is 0.193 e. The lowest BCUT2D eigenvalue weighted by Gasteiger charge is -2.31. The number of guanidine groups is 1. The number of aliphatic imine (C=N–C) groups is 1. The first-order valence-corrected chi connectivity index (χ1v) is 11.6. The standard InChI is InChI=1S/C21H35N7S.HI/c1-5-20-25-19(16-29-20)15-28-9-7-17(8-10-28)11-23-21(22-6-2)26(3)13-18-12-24-27(4)14-18;/h12,14,16-17H,5-11,13,15H2,1-4H3,(H,22,23);1H. The Morgan fingerprint density at radius 2 is 2.10 bits per heavy atom. The van der Waals surface area contributed by atoms with Gasteiger partial charge in [-0.15, -0.1) is 35.3 Å². The molecule has 3 rings (SSSR count). The van der Waals surface area contributed by atoms with E-state index in [2.05, 4.69) is 52.7 Å². The van der Waals surface area contributed by atoms with Crippen molar-refractivity contribution in [2.45, 2.75) is 46.2 Å². The van der Waals surface area contributed by atoms with Crippen LogP contribution in [0.5, 0.6) is 0 Å². The van der Waals surface area contributed by atoms with E-state index in [4.69, 9.17) is 9.98 Å². The van der Waals surface area contributed by atoms with Crippen LogP contribution in [0.25, 0.3) is 0 Å². The Hall–Kier alpha value is -1.20. The van der Waals surface area contributed by atoms with E-state index in [1.807, 2.05) is 17.9 Å². The number of rotatable bonds is 8. The third kappa shape index (κ3) is 7.49. The SMILES string of the molecule is CCNC(=NCC1CCN(Cc2csc(CC)n2)CC1)N(C)Cc1cnn(C)c1.I. The number of nitrogens with one attached hydrogen (secondary N) is 1. The van der Waals surface area contributed by atoms with Crippen molar-refractivity contribution in [1.29, 1.82) is 0 Å². The smallest absolute Gasteiger partial charge is 0.193 e. The van der Waals surface area contributed by atoms with Gasteiger partial charge in [0.15, 0.2) is 5.96 Å². The van der Waals surface area contributed by atoms with Crippen molar-refractivity contribution in [1.82, 2.24) is 29.9 Å². The summed E-state index contributed by atoms with van der Waals surface area (Å²) in [6.45, 7) is 10.1. The third-order valence-corrected chi connectivity index (χ3v) is 6.41. The highest BCUT2D eigenvalue weighted by molar-refractivity contribution is 14.0. The van der Waals surface area contributed by atoms with Crippen LogP contribution in [0, 0.1) is 5.92 Å². The predicted molar refractivity (Wildman–Crippen MR) is 136 cm³/mol. The molecular formula is C21H36IN7S. The van der Waals surface area contributed by atoms with Gasteiger partial charge in [-0.05, 0) is 45.2 Å². The lowest BCUT2D eigenvalue weighted by Crippen LogP contribution is -2.39. The quantitative estimate of drug-likeness (QED) is 0.313. The molecular weight excluding hydrogens is 509 g/mol. The Bertz CT molecular complexity index is 780. The monoisotopic (exact) mass is 545 g/mol. The molecule has 0 amide bonds. The molecule has 0 bridgehead atoms. The molecule has 0 spiro atoms. The van der Waals surface area contributed by atoms with Gasteiger partial charge in [0.05, 0.1) is 16.9 Å². The highest BCUT2D eigenvalue weighted by Gasteiger charge is 2.20. The minimum atomic E-state index is 0. The Labute approximate surface area is 202 Å². The Morgan fingerprint density at radius 3 is 2.70 bits per heavy atom. The van der Waals surface area contributed by atoms with E-state index in [0.29, 0.717) is 5.92 Å². The first-order valence-electron chi connectivity index (χ1n) is 10.7. The largest absolute Gasteiger partial charge is 0.357 e. The second-order valence-corrected chi connectivity index (χ2v) is 8.82.